The lowest BCUT2D eigenvalue weighted by Gasteiger charge is -2.12. The van der Waals surface area contributed by atoms with E-state index in [1.165, 1.54) is 6.08 Å². The minimum atomic E-state index is 0.120. The second-order valence-corrected chi connectivity index (χ2v) is 2.35. The zero-order valence-electron chi connectivity index (χ0n) is 6.76. The van der Waals surface area contributed by atoms with E-state index in [1.807, 2.05) is 0 Å². The van der Waals surface area contributed by atoms with Gasteiger partial charge in [-0.25, -0.2) is 0 Å². The maximum Gasteiger partial charge on any atom is 0.159 e. The number of nitrogens with zero attached hydrogens (tertiary/aromatic N) is 1. The molecule has 1 aliphatic carbocycles. The van der Waals surface area contributed by atoms with Crippen LogP contribution in [0.3, 0.4) is 0 Å². The number of ether oxygens (including phenoxy) is 1. The number of allylic oxidation sites excluding steroid dienone is 2. The van der Waals surface area contributed by atoms with Gasteiger partial charge in [0.15, 0.2) is 5.78 Å². The second-order valence-electron chi connectivity index (χ2n) is 2.35. The maximum atomic E-state index is 10.9. The van der Waals surface area contributed by atoms with E-state index in [0.717, 1.165) is 5.71 Å². The molecule has 0 atom stereocenters. The van der Waals surface area contributed by atoms with E-state index in [9.17, 15) is 4.79 Å². The Hall–Kier alpha value is -1.12. The van der Waals surface area contributed by atoms with Crippen molar-refractivity contribution in [3.8, 4) is 0 Å². The standard InChI is InChI=1S/C8H11NO2/c1-9-7-4-3-6(10)5-8(7)11-2/h5H,3-4H2,1-2H3. The smallest absolute Gasteiger partial charge is 0.159 e. The molecular formula is C8H11NO2. The zero-order chi connectivity index (χ0) is 8.27. The van der Waals surface area contributed by atoms with Crippen molar-refractivity contribution in [2.45, 2.75) is 12.8 Å². The molecule has 0 spiro atoms. The normalized spacial score (nSPS) is 21.8. The number of carbonyl (C=O) groups is 1. The minimum absolute atomic E-state index is 0.120. The average molecular weight is 153 g/mol. The lowest BCUT2D eigenvalue weighted by molar-refractivity contribution is -0.114. The van der Waals surface area contributed by atoms with Gasteiger partial charge in [-0.3, -0.25) is 9.79 Å². The number of aliphatic imine (C=N–C) groups is 1. The van der Waals surface area contributed by atoms with Crippen molar-refractivity contribution >= 4 is 11.5 Å². The molecule has 0 heterocycles. The summed E-state index contributed by atoms with van der Waals surface area (Å²) in [5.74, 6) is 0.734. The Balaban J connectivity index is 2.88. The molecule has 0 aromatic heterocycles. The quantitative estimate of drug-likeness (QED) is 0.562. The molecule has 11 heavy (non-hydrogen) atoms. The summed E-state index contributed by atoms with van der Waals surface area (Å²) in [6.45, 7) is 0. The highest BCUT2D eigenvalue weighted by molar-refractivity contribution is 6.09. The number of hydrogen-bond acceptors (Lipinski definition) is 3. The van der Waals surface area contributed by atoms with Crippen molar-refractivity contribution < 1.29 is 9.53 Å². The first-order valence-electron chi connectivity index (χ1n) is 3.52. The Morgan fingerprint density at radius 1 is 1.55 bits per heavy atom. The molecule has 0 bridgehead atoms. The lowest BCUT2D eigenvalue weighted by Crippen LogP contribution is -2.14. The summed E-state index contributed by atoms with van der Waals surface area (Å²) in [4.78, 5) is 14.9. The highest BCUT2D eigenvalue weighted by Crippen LogP contribution is 2.12. The minimum Gasteiger partial charge on any atom is -0.495 e. The molecular weight excluding hydrogens is 142 g/mol. The van der Waals surface area contributed by atoms with Gasteiger partial charge in [-0.05, 0) is 0 Å². The molecule has 0 fully saturated rings. The lowest BCUT2D eigenvalue weighted by atomic mass is 10.0. The zero-order valence-corrected chi connectivity index (χ0v) is 6.76. The molecule has 1 rings (SSSR count). The summed E-state index contributed by atoms with van der Waals surface area (Å²) >= 11 is 0. The van der Waals surface area contributed by atoms with Crippen LogP contribution in [-0.4, -0.2) is 25.7 Å². The molecule has 0 aromatic carbocycles. The van der Waals surface area contributed by atoms with Crippen molar-refractivity contribution in [3.05, 3.63) is 11.8 Å². The number of rotatable bonds is 1. The van der Waals surface area contributed by atoms with Gasteiger partial charge in [0.2, 0.25) is 0 Å². The first-order chi connectivity index (χ1) is 5.27. The molecule has 0 saturated heterocycles. The fourth-order valence-corrected chi connectivity index (χ4v) is 1.07. The monoisotopic (exact) mass is 153 g/mol. The molecule has 3 heteroatoms. The third-order valence-corrected chi connectivity index (χ3v) is 1.67. The van der Waals surface area contributed by atoms with Gasteiger partial charge in [0.05, 0.1) is 12.8 Å². The van der Waals surface area contributed by atoms with Crippen LogP contribution >= 0.6 is 0 Å². The third-order valence-electron chi connectivity index (χ3n) is 1.67. The SMILES string of the molecule is CN=C1CCC(=O)C=C1OC. The van der Waals surface area contributed by atoms with Gasteiger partial charge >= 0.3 is 0 Å². The molecule has 0 N–H and O–H groups in total. The predicted octanol–water partition coefficient (Wildman–Crippen LogP) is 0.950. The molecule has 3 nitrogen and oxygen atoms in total. The first kappa shape index (κ1) is 7.98. The molecule has 0 amide bonds. The Morgan fingerprint density at radius 2 is 2.27 bits per heavy atom. The number of ketones is 1. The van der Waals surface area contributed by atoms with Crippen LogP contribution in [0.4, 0.5) is 0 Å². The van der Waals surface area contributed by atoms with E-state index >= 15 is 0 Å². The van der Waals surface area contributed by atoms with Crippen LogP contribution in [0, 0.1) is 0 Å². The van der Waals surface area contributed by atoms with E-state index in [4.69, 9.17) is 4.74 Å². The highest BCUT2D eigenvalue weighted by atomic mass is 16.5. The van der Waals surface area contributed by atoms with Gasteiger partial charge in [-0.15, -0.1) is 0 Å². The van der Waals surface area contributed by atoms with Crippen molar-refractivity contribution in [1.82, 2.24) is 0 Å². The highest BCUT2D eigenvalue weighted by Gasteiger charge is 2.15. The Kier molecular flexibility index (Phi) is 2.41. The Bertz CT molecular complexity index is 228. The van der Waals surface area contributed by atoms with Crippen LogP contribution in [0.25, 0.3) is 0 Å². The van der Waals surface area contributed by atoms with Crippen molar-refractivity contribution in [3.63, 3.8) is 0 Å². The summed E-state index contributed by atoms with van der Waals surface area (Å²) in [5, 5.41) is 0. The van der Waals surface area contributed by atoms with Gasteiger partial charge in [-0.1, -0.05) is 0 Å². The molecule has 0 radical (unpaired) electrons. The fourth-order valence-electron chi connectivity index (χ4n) is 1.07. The second kappa shape index (κ2) is 3.32. The van der Waals surface area contributed by atoms with Crippen LogP contribution in [0.2, 0.25) is 0 Å². The molecule has 0 unspecified atom stereocenters. The van der Waals surface area contributed by atoms with E-state index in [-0.39, 0.29) is 5.78 Å². The van der Waals surface area contributed by atoms with E-state index in [0.29, 0.717) is 18.6 Å². The molecule has 1 aliphatic rings. The summed E-state index contributed by atoms with van der Waals surface area (Å²) in [7, 11) is 3.26. The Labute approximate surface area is 65.8 Å². The van der Waals surface area contributed by atoms with Gasteiger partial charge in [0.25, 0.3) is 0 Å². The number of methoxy groups -OCH3 is 1. The van der Waals surface area contributed by atoms with Crippen molar-refractivity contribution in [1.29, 1.82) is 0 Å². The van der Waals surface area contributed by atoms with Gasteiger partial charge < -0.3 is 4.74 Å². The summed E-state index contributed by atoms with van der Waals surface area (Å²) in [6, 6.07) is 0. The summed E-state index contributed by atoms with van der Waals surface area (Å²) in [5.41, 5.74) is 0.882. The number of hydrogen-bond donors (Lipinski definition) is 0. The van der Waals surface area contributed by atoms with Gasteiger partial charge in [0, 0.05) is 26.0 Å². The van der Waals surface area contributed by atoms with Crippen LogP contribution in [0.1, 0.15) is 12.8 Å². The van der Waals surface area contributed by atoms with Crippen LogP contribution in [0.5, 0.6) is 0 Å². The largest absolute Gasteiger partial charge is 0.495 e. The molecule has 0 saturated carbocycles. The van der Waals surface area contributed by atoms with E-state index in [2.05, 4.69) is 4.99 Å². The van der Waals surface area contributed by atoms with Gasteiger partial charge in [-0.2, -0.15) is 0 Å². The average Bonchev–Trinajstić information content (AvgIpc) is 2.04. The molecule has 60 valence electrons. The number of carbonyl (C=O) groups excluding carboxylic acids is 1. The Morgan fingerprint density at radius 3 is 2.82 bits per heavy atom. The van der Waals surface area contributed by atoms with E-state index in [1.54, 1.807) is 14.2 Å². The first-order valence-corrected chi connectivity index (χ1v) is 3.52. The van der Waals surface area contributed by atoms with Crippen molar-refractivity contribution in [2.24, 2.45) is 4.99 Å². The maximum absolute atomic E-state index is 10.9. The summed E-state index contributed by atoms with van der Waals surface area (Å²) < 4.78 is 4.97. The van der Waals surface area contributed by atoms with Crippen molar-refractivity contribution in [2.75, 3.05) is 14.2 Å². The van der Waals surface area contributed by atoms with Crippen LogP contribution < -0.4 is 0 Å². The topological polar surface area (TPSA) is 38.7 Å². The fraction of sp³-hybridized carbons (Fsp3) is 0.500. The predicted molar refractivity (Wildman–Crippen MR) is 42.7 cm³/mol. The third kappa shape index (κ3) is 1.67. The molecule has 0 aliphatic heterocycles. The van der Waals surface area contributed by atoms with Gasteiger partial charge in [0.1, 0.15) is 5.76 Å². The van der Waals surface area contributed by atoms with Crippen LogP contribution in [0.15, 0.2) is 16.8 Å². The van der Waals surface area contributed by atoms with E-state index < -0.39 is 0 Å². The molecule has 0 aromatic rings. The summed E-state index contributed by atoms with van der Waals surface area (Å²) in [6.07, 6.45) is 2.76. The van der Waals surface area contributed by atoms with Crippen LogP contribution in [-0.2, 0) is 9.53 Å².